The van der Waals surface area contributed by atoms with Gasteiger partial charge in [-0.1, -0.05) is 45.8 Å². The molecule has 4 rings (SSSR count). The Morgan fingerprint density at radius 3 is 2.52 bits per heavy atom. The molecule has 0 bridgehead atoms. The first-order valence-corrected chi connectivity index (χ1v) is 9.47. The van der Waals surface area contributed by atoms with Gasteiger partial charge in [0.25, 0.3) is 5.91 Å². The molecular weight excluding hydrogens is 404 g/mol. The monoisotopic (exact) mass is 422 g/mol. The fourth-order valence-corrected chi connectivity index (χ4v) is 3.74. The highest BCUT2D eigenvalue weighted by molar-refractivity contribution is 9.10. The summed E-state index contributed by atoms with van der Waals surface area (Å²) >= 11 is 3.54. The summed E-state index contributed by atoms with van der Waals surface area (Å²) < 4.78 is 6.51. The minimum absolute atomic E-state index is 0.0415. The quantitative estimate of drug-likeness (QED) is 0.602. The predicted octanol–water partition coefficient (Wildman–Crippen LogP) is 5.54. The molecule has 1 aliphatic rings. The van der Waals surface area contributed by atoms with E-state index in [0.717, 1.165) is 32.7 Å². The molecule has 0 aliphatic carbocycles. The number of aryl methyl sites for hydroxylation is 1. The molecule has 0 saturated carbocycles. The van der Waals surface area contributed by atoms with Crippen LogP contribution >= 0.6 is 15.9 Å². The summed E-state index contributed by atoms with van der Waals surface area (Å²) in [6.45, 7) is 2.03. The van der Waals surface area contributed by atoms with Crippen LogP contribution in [-0.2, 0) is 0 Å². The standard InChI is InChI=1S/C22H19BrN2O2/c1-14-7-10-16(11-8-14)25-21(18-13-15(23)9-12-20(18)27-2)24-19-6-4-3-5-17(19)22(25)26/h3-13,21,24H,1-2H3/t21-/m1/s1. The number of halogens is 1. The number of carbonyl (C=O) groups is 1. The lowest BCUT2D eigenvalue weighted by Crippen LogP contribution is -2.43. The van der Waals surface area contributed by atoms with Crippen molar-refractivity contribution >= 4 is 33.2 Å². The second-order valence-electron chi connectivity index (χ2n) is 6.49. The van der Waals surface area contributed by atoms with E-state index in [1.807, 2.05) is 73.7 Å². The number of amides is 1. The van der Waals surface area contributed by atoms with Gasteiger partial charge in [0.15, 0.2) is 0 Å². The Bertz CT molecular complexity index is 1000. The first-order valence-electron chi connectivity index (χ1n) is 8.67. The molecule has 0 unspecified atom stereocenters. The molecule has 0 spiro atoms. The largest absolute Gasteiger partial charge is 0.496 e. The fourth-order valence-electron chi connectivity index (χ4n) is 3.36. The van der Waals surface area contributed by atoms with E-state index in [9.17, 15) is 4.79 Å². The van der Waals surface area contributed by atoms with E-state index in [1.165, 1.54) is 0 Å². The van der Waals surface area contributed by atoms with Gasteiger partial charge >= 0.3 is 0 Å². The highest BCUT2D eigenvalue weighted by atomic mass is 79.9. The van der Waals surface area contributed by atoms with Crippen LogP contribution in [0.2, 0.25) is 0 Å². The van der Waals surface area contributed by atoms with E-state index in [-0.39, 0.29) is 12.1 Å². The Balaban J connectivity index is 1.90. The Morgan fingerprint density at radius 1 is 1.04 bits per heavy atom. The molecule has 3 aromatic carbocycles. The number of para-hydroxylation sites is 1. The van der Waals surface area contributed by atoms with Crippen molar-refractivity contribution in [2.24, 2.45) is 0 Å². The molecular formula is C22H19BrN2O2. The van der Waals surface area contributed by atoms with E-state index in [1.54, 1.807) is 12.0 Å². The highest BCUT2D eigenvalue weighted by Gasteiger charge is 2.35. The van der Waals surface area contributed by atoms with Crippen molar-refractivity contribution in [2.75, 3.05) is 17.3 Å². The molecule has 0 saturated heterocycles. The molecule has 3 aromatic rings. The molecule has 0 aromatic heterocycles. The smallest absolute Gasteiger partial charge is 0.262 e. The van der Waals surface area contributed by atoms with Crippen molar-refractivity contribution in [1.29, 1.82) is 0 Å². The highest BCUT2D eigenvalue weighted by Crippen LogP contribution is 2.40. The maximum absolute atomic E-state index is 13.4. The summed E-state index contributed by atoms with van der Waals surface area (Å²) in [4.78, 5) is 15.2. The first-order chi connectivity index (χ1) is 13.1. The average Bonchev–Trinajstić information content (AvgIpc) is 2.69. The maximum atomic E-state index is 13.4. The van der Waals surface area contributed by atoms with E-state index < -0.39 is 0 Å². The SMILES string of the molecule is COc1ccc(Br)cc1[C@@H]1Nc2ccccc2C(=O)N1c1ccc(C)cc1. The summed E-state index contributed by atoms with van der Waals surface area (Å²) in [5.41, 5.74) is 4.34. The van der Waals surface area contributed by atoms with Crippen molar-refractivity contribution in [3.05, 3.63) is 87.9 Å². The zero-order chi connectivity index (χ0) is 19.0. The molecule has 136 valence electrons. The third-order valence-corrected chi connectivity index (χ3v) is 5.22. The summed E-state index contributed by atoms with van der Waals surface area (Å²) in [7, 11) is 1.64. The lowest BCUT2D eigenvalue weighted by molar-refractivity contribution is 0.0974. The number of benzene rings is 3. The van der Waals surface area contributed by atoms with Gasteiger partial charge in [0.1, 0.15) is 11.9 Å². The first kappa shape index (κ1) is 17.6. The molecule has 27 heavy (non-hydrogen) atoms. The summed E-state index contributed by atoms with van der Waals surface area (Å²) in [6.07, 6.45) is -0.387. The van der Waals surface area contributed by atoms with Gasteiger partial charge in [-0.3, -0.25) is 9.69 Å². The Morgan fingerprint density at radius 2 is 1.78 bits per heavy atom. The Hall–Kier alpha value is -2.79. The van der Waals surface area contributed by atoms with Crippen LogP contribution in [0.25, 0.3) is 0 Å². The average molecular weight is 423 g/mol. The Labute approximate surface area is 166 Å². The van der Waals surface area contributed by atoms with E-state index in [0.29, 0.717) is 5.56 Å². The summed E-state index contributed by atoms with van der Waals surface area (Å²) in [6, 6.07) is 21.4. The van der Waals surface area contributed by atoms with Gasteiger partial charge in [-0.15, -0.1) is 0 Å². The van der Waals surface area contributed by atoms with Gasteiger partial charge in [-0.05, 0) is 49.4 Å². The molecule has 0 radical (unpaired) electrons. The number of hydrogen-bond donors (Lipinski definition) is 1. The van der Waals surface area contributed by atoms with Crippen LogP contribution in [-0.4, -0.2) is 13.0 Å². The zero-order valence-corrected chi connectivity index (χ0v) is 16.7. The van der Waals surface area contributed by atoms with Crippen LogP contribution < -0.4 is 15.0 Å². The predicted molar refractivity (Wildman–Crippen MR) is 111 cm³/mol. The molecule has 1 amide bonds. The number of ether oxygens (including phenoxy) is 1. The van der Waals surface area contributed by atoms with Gasteiger partial charge < -0.3 is 10.1 Å². The zero-order valence-electron chi connectivity index (χ0n) is 15.1. The second kappa shape index (κ2) is 7.08. The van der Waals surface area contributed by atoms with Crippen LogP contribution in [0.5, 0.6) is 5.75 Å². The van der Waals surface area contributed by atoms with Crippen LogP contribution in [0.1, 0.15) is 27.7 Å². The maximum Gasteiger partial charge on any atom is 0.262 e. The van der Waals surface area contributed by atoms with Crippen molar-refractivity contribution in [3.8, 4) is 5.75 Å². The van der Waals surface area contributed by atoms with Gasteiger partial charge in [-0.2, -0.15) is 0 Å². The van der Waals surface area contributed by atoms with Gasteiger partial charge in [0, 0.05) is 21.4 Å². The van der Waals surface area contributed by atoms with E-state index in [4.69, 9.17) is 4.74 Å². The number of anilines is 2. The van der Waals surface area contributed by atoms with Crippen molar-refractivity contribution < 1.29 is 9.53 Å². The molecule has 5 heteroatoms. The minimum Gasteiger partial charge on any atom is -0.496 e. The summed E-state index contributed by atoms with van der Waals surface area (Å²) in [5.74, 6) is 0.681. The third-order valence-electron chi connectivity index (χ3n) is 4.73. The number of rotatable bonds is 3. The van der Waals surface area contributed by atoms with Gasteiger partial charge in [-0.25, -0.2) is 0 Å². The lowest BCUT2D eigenvalue weighted by Gasteiger charge is -2.38. The van der Waals surface area contributed by atoms with Crippen molar-refractivity contribution in [1.82, 2.24) is 0 Å². The topological polar surface area (TPSA) is 41.6 Å². The molecule has 1 heterocycles. The number of carbonyl (C=O) groups excluding carboxylic acids is 1. The molecule has 1 N–H and O–H groups in total. The number of methoxy groups -OCH3 is 1. The fraction of sp³-hybridized carbons (Fsp3) is 0.136. The van der Waals surface area contributed by atoms with Crippen molar-refractivity contribution in [3.63, 3.8) is 0 Å². The summed E-state index contributed by atoms with van der Waals surface area (Å²) in [5, 5.41) is 3.51. The lowest BCUT2D eigenvalue weighted by atomic mass is 10.0. The van der Waals surface area contributed by atoms with E-state index >= 15 is 0 Å². The van der Waals surface area contributed by atoms with Gasteiger partial charge in [0.05, 0.1) is 12.7 Å². The molecule has 0 fully saturated rings. The minimum atomic E-state index is -0.387. The van der Waals surface area contributed by atoms with Crippen LogP contribution in [0.3, 0.4) is 0 Å². The number of nitrogens with zero attached hydrogens (tertiary/aromatic N) is 1. The second-order valence-corrected chi connectivity index (χ2v) is 7.41. The Kier molecular flexibility index (Phi) is 4.62. The van der Waals surface area contributed by atoms with E-state index in [2.05, 4.69) is 21.2 Å². The van der Waals surface area contributed by atoms with Crippen LogP contribution in [0, 0.1) is 6.92 Å². The van der Waals surface area contributed by atoms with Crippen LogP contribution in [0.4, 0.5) is 11.4 Å². The number of fused-ring (bicyclic) bond motifs is 1. The third kappa shape index (κ3) is 3.19. The van der Waals surface area contributed by atoms with Crippen molar-refractivity contribution in [2.45, 2.75) is 13.1 Å². The molecule has 1 atom stereocenters. The molecule has 4 nitrogen and oxygen atoms in total. The molecule has 1 aliphatic heterocycles. The normalized spacial score (nSPS) is 15.9. The van der Waals surface area contributed by atoms with Gasteiger partial charge in [0.2, 0.25) is 0 Å². The number of nitrogens with one attached hydrogen (secondary N) is 1. The van der Waals surface area contributed by atoms with Crippen LogP contribution in [0.15, 0.2) is 71.2 Å². The number of hydrogen-bond acceptors (Lipinski definition) is 3.